The fourth-order valence-electron chi connectivity index (χ4n) is 6.10. The van der Waals surface area contributed by atoms with Crippen molar-refractivity contribution in [3.8, 4) is 11.1 Å². The van der Waals surface area contributed by atoms with Gasteiger partial charge in [0, 0.05) is 24.0 Å². The molecule has 39 heavy (non-hydrogen) atoms. The maximum atomic E-state index is 12.6. The zero-order chi connectivity index (χ0) is 26.2. The van der Waals surface area contributed by atoms with Crippen LogP contribution in [0.4, 0.5) is 5.69 Å². The maximum absolute atomic E-state index is 12.6. The van der Waals surface area contributed by atoms with Gasteiger partial charge in [0.05, 0.1) is 29.9 Å². The van der Waals surface area contributed by atoms with E-state index in [0.29, 0.717) is 24.3 Å². The summed E-state index contributed by atoms with van der Waals surface area (Å²) in [6.07, 6.45) is 8.97. The number of anilines is 1. The number of imidazole rings is 1. The molecular formula is C30H29N7OS. The molecule has 7 rings (SSSR count). The molecule has 0 radical (unpaired) electrons. The van der Waals surface area contributed by atoms with Crippen LogP contribution in [0, 0.1) is 5.92 Å². The van der Waals surface area contributed by atoms with Crippen LogP contribution < -0.4 is 16.2 Å². The molecule has 2 fully saturated rings. The zero-order valence-corrected chi connectivity index (χ0v) is 22.1. The largest absolute Gasteiger partial charge is 0.339 e. The zero-order valence-electron chi connectivity index (χ0n) is 21.3. The van der Waals surface area contributed by atoms with Gasteiger partial charge in [0.25, 0.3) is 0 Å². The van der Waals surface area contributed by atoms with E-state index in [0.717, 1.165) is 53.1 Å². The number of H-pyrrole nitrogens is 1. The molecular weight excluding hydrogens is 506 g/mol. The first-order valence-corrected chi connectivity index (χ1v) is 14.3. The minimum Gasteiger partial charge on any atom is -0.339 e. The molecule has 1 aliphatic carbocycles. The molecule has 0 spiro atoms. The first-order valence-electron chi connectivity index (χ1n) is 13.4. The number of carbonyl (C=O) groups is 1. The molecule has 8 nitrogen and oxygen atoms in total. The molecule has 4 N–H and O–H groups in total. The molecule has 4 aromatic heterocycles. The second kappa shape index (κ2) is 10.3. The van der Waals surface area contributed by atoms with Gasteiger partial charge >= 0.3 is 0 Å². The lowest BCUT2D eigenvalue weighted by Crippen LogP contribution is -2.34. The normalized spacial score (nSPS) is 22.6. The van der Waals surface area contributed by atoms with Gasteiger partial charge in [0.2, 0.25) is 5.91 Å². The van der Waals surface area contributed by atoms with E-state index >= 15 is 0 Å². The first-order chi connectivity index (χ1) is 19.2. The number of nitrogens with zero attached hydrogens (tertiary/aromatic N) is 3. The van der Waals surface area contributed by atoms with Crippen LogP contribution in [0.1, 0.15) is 48.2 Å². The molecule has 0 bridgehead atoms. The summed E-state index contributed by atoms with van der Waals surface area (Å²) in [5, 5.41) is 7.28. The Hall–Kier alpha value is -3.92. The molecule has 5 aromatic rings. The average molecular weight is 536 g/mol. The van der Waals surface area contributed by atoms with Crippen molar-refractivity contribution in [2.24, 2.45) is 5.92 Å². The Kier molecular flexibility index (Phi) is 6.40. The lowest BCUT2D eigenvalue weighted by Gasteiger charge is -2.33. The number of aromatic nitrogens is 4. The minimum absolute atomic E-state index is 0.0339. The standard InChI is InChI=1S/C30H29N7OS/c38-26(12-18-4-2-1-3-5-18)33-22-13-21(15-31-16-22)19-6-7-25-24(14-19)28(37-36-25)30-34-27-23(20-9-11-39-17-20)8-10-32-29(27)35-30/h1-5,8-11,13,15-17,19,24-25,28,36-37H,6-7,12,14H2,(H,33,38)(H,32,34,35). The van der Waals surface area contributed by atoms with E-state index in [-0.39, 0.29) is 11.9 Å². The number of benzene rings is 1. The van der Waals surface area contributed by atoms with Crippen molar-refractivity contribution in [1.82, 2.24) is 30.8 Å². The van der Waals surface area contributed by atoms with Gasteiger partial charge in [-0.2, -0.15) is 11.3 Å². The summed E-state index contributed by atoms with van der Waals surface area (Å²) in [7, 11) is 0. The number of nitrogens with one attached hydrogen (secondary N) is 4. The summed E-state index contributed by atoms with van der Waals surface area (Å²) in [6, 6.07) is 16.5. The van der Waals surface area contributed by atoms with Crippen molar-refractivity contribution < 1.29 is 4.79 Å². The van der Waals surface area contributed by atoms with E-state index in [1.165, 1.54) is 11.1 Å². The van der Waals surface area contributed by atoms with Crippen LogP contribution in [0.5, 0.6) is 0 Å². The monoisotopic (exact) mass is 535 g/mol. The van der Waals surface area contributed by atoms with Crippen LogP contribution in [0.25, 0.3) is 22.3 Å². The third-order valence-corrected chi connectivity index (χ3v) is 8.69. The molecule has 1 saturated carbocycles. The van der Waals surface area contributed by atoms with Gasteiger partial charge in [-0.15, -0.1) is 0 Å². The van der Waals surface area contributed by atoms with Crippen LogP contribution >= 0.6 is 11.3 Å². The van der Waals surface area contributed by atoms with E-state index in [4.69, 9.17) is 4.98 Å². The molecule has 9 heteroatoms. The molecule has 1 amide bonds. The highest BCUT2D eigenvalue weighted by molar-refractivity contribution is 7.08. The number of fused-ring (bicyclic) bond motifs is 2. The number of carbonyl (C=O) groups excluding carboxylic acids is 1. The second-order valence-corrected chi connectivity index (χ2v) is 11.2. The van der Waals surface area contributed by atoms with Crippen LogP contribution in [0.15, 0.2) is 77.9 Å². The third kappa shape index (κ3) is 4.85. The van der Waals surface area contributed by atoms with E-state index < -0.39 is 0 Å². The molecule has 4 unspecified atom stereocenters. The Balaban J connectivity index is 1.09. The molecule has 4 atom stereocenters. The van der Waals surface area contributed by atoms with Gasteiger partial charge in [0.15, 0.2) is 5.65 Å². The Labute approximate surface area is 230 Å². The average Bonchev–Trinajstić information content (AvgIpc) is 3.73. The highest BCUT2D eigenvalue weighted by Crippen LogP contribution is 2.44. The lowest BCUT2D eigenvalue weighted by molar-refractivity contribution is -0.115. The number of hydrogen-bond acceptors (Lipinski definition) is 7. The van der Waals surface area contributed by atoms with Crippen LogP contribution in [0.3, 0.4) is 0 Å². The molecule has 1 saturated heterocycles. The van der Waals surface area contributed by atoms with Crippen LogP contribution in [-0.4, -0.2) is 31.9 Å². The van der Waals surface area contributed by atoms with Crippen molar-refractivity contribution >= 4 is 34.1 Å². The number of pyridine rings is 2. The van der Waals surface area contributed by atoms with E-state index in [9.17, 15) is 4.79 Å². The predicted octanol–water partition coefficient (Wildman–Crippen LogP) is 5.36. The summed E-state index contributed by atoms with van der Waals surface area (Å²) in [4.78, 5) is 30.1. The summed E-state index contributed by atoms with van der Waals surface area (Å²) in [5.74, 6) is 1.61. The summed E-state index contributed by atoms with van der Waals surface area (Å²) in [5.41, 5.74) is 14.0. The number of aromatic amines is 1. The molecule has 1 aromatic carbocycles. The minimum atomic E-state index is -0.0339. The Morgan fingerprint density at radius 2 is 2.00 bits per heavy atom. The number of hydrogen-bond donors (Lipinski definition) is 4. The van der Waals surface area contributed by atoms with Crippen molar-refractivity contribution in [2.75, 3.05) is 5.32 Å². The van der Waals surface area contributed by atoms with Crippen LogP contribution in [0.2, 0.25) is 0 Å². The van der Waals surface area contributed by atoms with Gasteiger partial charge in [-0.1, -0.05) is 30.3 Å². The van der Waals surface area contributed by atoms with Gasteiger partial charge in [-0.05, 0) is 76.7 Å². The highest BCUT2D eigenvalue weighted by atomic mass is 32.1. The molecule has 2 aliphatic rings. The van der Waals surface area contributed by atoms with Crippen molar-refractivity contribution in [3.63, 3.8) is 0 Å². The number of thiophene rings is 1. The molecule has 1 aliphatic heterocycles. The predicted molar refractivity (Wildman–Crippen MR) is 153 cm³/mol. The highest BCUT2D eigenvalue weighted by Gasteiger charge is 2.42. The van der Waals surface area contributed by atoms with Crippen molar-refractivity contribution in [1.29, 1.82) is 0 Å². The molecule has 196 valence electrons. The summed E-state index contributed by atoms with van der Waals surface area (Å²) >= 11 is 1.69. The maximum Gasteiger partial charge on any atom is 0.228 e. The Morgan fingerprint density at radius 1 is 1.08 bits per heavy atom. The Bertz CT molecular complexity index is 1600. The summed E-state index contributed by atoms with van der Waals surface area (Å²) < 4.78 is 0. The second-order valence-electron chi connectivity index (χ2n) is 10.5. The molecule has 5 heterocycles. The fraction of sp³-hybridized carbons (Fsp3) is 0.267. The van der Waals surface area contributed by atoms with Gasteiger partial charge in [-0.3, -0.25) is 15.2 Å². The van der Waals surface area contributed by atoms with E-state index in [2.05, 4.69) is 54.0 Å². The van der Waals surface area contributed by atoms with Gasteiger partial charge in [0.1, 0.15) is 5.82 Å². The van der Waals surface area contributed by atoms with Crippen molar-refractivity contribution in [3.05, 3.63) is 94.8 Å². The van der Waals surface area contributed by atoms with Gasteiger partial charge < -0.3 is 10.3 Å². The van der Waals surface area contributed by atoms with E-state index in [1.54, 1.807) is 17.5 Å². The van der Waals surface area contributed by atoms with Crippen LogP contribution in [-0.2, 0) is 11.2 Å². The third-order valence-electron chi connectivity index (χ3n) is 8.01. The fourth-order valence-corrected chi connectivity index (χ4v) is 6.76. The quantitative estimate of drug-likeness (QED) is 0.233. The Morgan fingerprint density at radius 3 is 2.87 bits per heavy atom. The number of rotatable bonds is 6. The topological polar surface area (TPSA) is 108 Å². The lowest BCUT2D eigenvalue weighted by atomic mass is 9.73. The summed E-state index contributed by atoms with van der Waals surface area (Å²) in [6.45, 7) is 0. The number of amides is 1. The van der Waals surface area contributed by atoms with Crippen molar-refractivity contribution in [2.45, 2.75) is 43.7 Å². The van der Waals surface area contributed by atoms with E-state index in [1.807, 2.05) is 48.8 Å². The number of hydrazine groups is 1. The first kappa shape index (κ1) is 24.1. The van der Waals surface area contributed by atoms with Gasteiger partial charge in [-0.25, -0.2) is 15.4 Å². The smallest absolute Gasteiger partial charge is 0.228 e. The SMILES string of the molecule is O=C(Cc1ccccc1)Nc1cncc(C2CCC3NNC(c4nc5nccc(-c6ccsc6)c5[nH]4)C3C2)c1.